The summed E-state index contributed by atoms with van der Waals surface area (Å²) in [4.78, 5) is 12.1. The van der Waals surface area contributed by atoms with Gasteiger partial charge in [-0.05, 0) is 0 Å². The molecular formula is C17H30GeO. The van der Waals surface area contributed by atoms with Gasteiger partial charge >= 0.3 is 122 Å². The number of ketones is 1. The molecule has 1 nitrogen and oxygen atoms in total. The van der Waals surface area contributed by atoms with Crippen LogP contribution in [0.25, 0.3) is 0 Å². The molecule has 0 aromatic rings. The number of carbonyl (C=O) groups is 1. The molecule has 2 heteroatoms. The van der Waals surface area contributed by atoms with E-state index in [1.165, 1.54) is 9.98 Å². The Labute approximate surface area is 121 Å². The molecule has 0 heterocycles. The second-order valence-electron chi connectivity index (χ2n) is 7.39. The van der Waals surface area contributed by atoms with Gasteiger partial charge in [0, 0.05) is 0 Å². The van der Waals surface area contributed by atoms with E-state index in [2.05, 4.69) is 44.3 Å². The van der Waals surface area contributed by atoms with E-state index < -0.39 is 13.3 Å². The number of carbonyl (C=O) groups excluding carboxylic acids is 1. The molecule has 1 aliphatic rings. The van der Waals surface area contributed by atoms with Gasteiger partial charge in [0.05, 0.1) is 0 Å². The summed E-state index contributed by atoms with van der Waals surface area (Å²) in [5, 5.41) is 0. The molecule has 1 saturated carbocycles. The first kappa shape index (κ1) is 16.7. The van der Waals surface area contributed by atoms with E-state index in [1.54, 1.807) is 0 Å². The molecule has 0 aromatic carbocycles. The predicted octanol–water partition coefficient (Wildman–Crippen LogP) is 5.01. The van der Waals surface area contributed by atoms with Gasteiger partial charge in [-0.15, -0.1) is 0 Å². The van der Waals surface area contributed by atoms with Crippen LogP contribution < -0.4 is 0 Å². The van der Waals surface area contributed by atoms with E-state index in [1.807, 2.05) is 0 Å². The Balaban J connectivity index is 2.63. The van der Waals surface area contributed by atoms with Crippen LogP contribution in [0.3, 0.4) is 0 Å². The maximum atomic E-state index is 12.1. The summed E-state index contributed by atoms with van der Waals surface area (Å²) >= 11 is -1.71. The third-order valence-corrected chi connectivity index (χ3v) is 9.80. The van der Waals surface area contributed by atoms with Gasteiger partial charge in [-0.2, -0.15) is 0 Å². The number of hydrogen-bond acceptors (Lipinski definition) is 1. The Morgan fingerprint density at radius 1 is 1.32 bits per heavy atom. The van der Waals surface area contributed by atoms with Crippen LogP contribution >= 0.6 is 0 Å². The first-order chi connectivity index (χ1) is 8.62. The van der Waals surface area contributed by atoms with E-state index in [0.29, 0.717) is 24.0 Å². The number of Topliss-reactive ketones (excluding diaryl/α,β-unsaturated/α-hetero) is 1. The van der Waals surface area contributed by atoms with Gasteiger partial charge < -0.3 is 0 Å². The van der Waals surface area contributed by atoms with Crippen LogP contribution in [0.2, 0.25) is 17.3 Å². The zero-order valence-electron chi connectivity index (χ0n) is 13.4. The van der Waals surface area contributed by atoms with Crippen molar-refractivity contribution in [2.45, 2.75) is 56.8 Å². The number of allylic oxidation sites excluding steroid dienone is 2. The predicted molar refractivity (Wildman–Crippen MR) is 86.9 cm³/mol. The van der Waals surface area contributed by atoms with E-state index in [0.717, 1.165) is 19.3 Å². The molecule has 1 fully saturated rings. The van der Waals surface area contributed by atoms with Crippen molar-refractivity contribution in [3.8, 4) is 0 Å². The standard InChI is InChI=1S/C17H30GeO/c1-12(2)16-10-15(14(4)17(19)11-16)9-8-13(3)18(5,6)7/h14-16H,1,3,8-11H2,2,4-7H3/t14?,15-,16-/m1/s1. The zero-order valence-corrected chi connectivity index (χ0v) is 15.5. The van der Waals surface area contributed by atoms with Crippen LogP contribution in [0.5, 0.6) is 0 Å². The maximum absolute atomic E-state index is 12.1. The average Bonchev–Trinajstić information content (AvgIpc) is 2.28. The van der Waals surface area contributed by atoms with Crippen molar-refractivity contribution in [2.75, 3.05) is 0 Å². The van der Waals surface area contributed by atoms with Crippen LogP contribution in [0.1, 0.15) is 39.5 Å². The van der Waals surface area contributed by atoms with Crippen molar-refractivity contribution < 1.29 is 4.79 Å². The van der Waals surface area contributed by atoms with Crippen molar-refractivity contribution >= 4 is 19.0 Å². The fourth-order valence-corrected chi connectivity index (χ4v) is 4.70. The molecule has 0 saturated heterocycles. The summed E-state index contributed by atoms with van der Waals surface area (Å²) in [6.07, 6.45) is 4.12. The summed E-state index contributed by atoms with van der Waals surface area (Å²) in [6, 6.07) is 0. The molecule has 1 rings (SSSR count). The third-order valence-electron chi connectivity index (χ3n) is 4.82. The summed E-state index contributed by atoms with van der Waals surface area (Å²) in [5.74, 6) is 8.81. The van der Waals surface area contributed by atoms with Crippen molar-refractivity contribution in [3.05, 3.63) is 23.1 Å². The van der Waals surface area contributed by atoms with Crippen molar-refractivity contribution in [1.29, 1.82) is 0 Å². The molecule has 0 spiro atoms. The second kappa shape index (κ2) is 6.43. The van der Waals surface area contributed by atoms with Crippen LogP contribution in [0.15, 0.2) is 23.1 Å². The van der Waals surface area contributed by atoms with Crippen LogP contribution in [0, 0.1) is 17.8 Å². The Kier molecular flexibility index (Phi) is 5.67. The van der Waals surface area contributed by atoms with E-state index in [4.69, 9.17) is 0 Å². The molecule has 0 aromatic heterocycles. The summed E-state index contributed by atoms with van der Waals surface area (Å²) < 4.78 is 1.48. The average molecular weight is 323 g/mol. The third kappa shape index (κ3) is 4.63. The van der Waals surface area contributed by atoms with E-state index >= 15 is 0 Å². The van der Waals surface area contributed by atoms with Gasteiger partial charge in [0.2, 0.25) is 0 Å². The molecule has 0 bridgehead atoms. The van der Waals surface area contributed by atoms with Gasteiger partial charge in [-0.1, -0.05) is 0 Å². The SMILES string of the molecule is C=C(C)[C@H]1CC(=O)C(C)[C@H](CC[C](=C)[Ge]([CH3])([CH3])[CH3])C1. The molecule has 1 aliphatic carbocycles. The van der Waals surface area contributed by atoms with E-state index in [-0.39, 0.29) is 5.92 Å². The molecular weight excluding hydrogens is 293 g/mol. The quantitative estimate of drug-likeness (QED) is 0.513. The van der Waals surface area contributed by atoms with Crippen LogP contribution in [-0.4, -0.2) is 19.0 Å². The Hall–Kier alpha value is -0.307. The number of hydrogen-bond donors (Lipinski definition) is 0. The summed E-state index contributed by atoms with van der Waals surface area (Å²) in [6.45, 7) is 12.5. The fourth-order valence-electron chi connectivity index (χ4n) is 2.82. The molecule has 108 valence electrons. The minimum absolute atomic E-state index is 0.232. The van der Waals surface area contributed by atoms with E-state index in [9.17, 15) is 4.79 Å². The zero-order chi connectivity index (χ0) is 14.8. The van der Waals surface area contributed by atoms with Crippen molar-refractivity contribution in [2.24, 2.45) is 17.8 Å². The van der Waals surface area contributed by atoms with Gasteiger partial charge in [-0.3, -0.25) is 0 Å². The van der Waals surface area contributed by atoms with Gasteiger partial charge in [0.25, 0.3) is 0 Å². The Morgan fingerprint density at radius 2 is 1.89 bits per heavy atom. The van der Waals surface area contributed by atoms with Crippen LogP contribution in [0.4, 0.5) is 0 Å². The van der Waals surface area contributed by atoms with Crippen molar-refractivity contribution in [1.82, 2.24) is 0 Å². The molecule has 0 amide bonds. The molecule has 19 heavy (non-hydrogen) atoms. The van der Waals surface area contributed by atoms with Gasteiger partial charge in [0.15, 0.2) is 0 Å². The molecule has 3 atom stereocenters. The molecule has 0 N–H and O–H groups in total. The Morgan fingerprint density at radius 3 is 2.37 bits per heavy atom. The first-order valence-corrected chi connectivity index (χ1v) is 14.8. The van der Waals surface area contributed by atoms with Gasteiger partial charge in [-0.25, -0.2) is 0 Å². The fraction of sp³-hybridized carbons (Fsp3) is 0.706. The molecule has 0 aliphatic heterocycles. The van der Waals surface area contributed by atoms with Crippen LogP contribution in [-0.2, 0) is 4.79 Å². The molecule has 1 unspecified atom stereocenters. The summed E-state index contributed by atoms with van der Waals surface area (Å²) in [5.41, 5.74) is 1.18. The summed E-state index contributed by atoms with van der Waals surface area (Å²) in [7, 11) is 0. The monoisotopic (exact) mass is 324 g/mol. The second-order valence-corrected chi connectivity index (χ2v) is 18.3. The normalized spacial score (nSPS) is 28.3. The Bertz CT molecular complexity index is 375. The van der Waals surface area contributed by atoms with Crippen molar-refractivity contribution in [3.63, 3.8) is 0 Å². The van der Waals surface area contributed by atoms with Gasteiger partial charge in [0.1, 0.15) is 0 Å². The topological polar surface area (TPSA) is 17.1 Å². The minimum atomic E-state index is -1.71. The molecule has 0 radical (unpaired) electrons. The first-order valence-electron chi connectivity index (χ1n) is 7.49. The number of rotatable bonds is 5.